The Balaban J connectivity index is 1.13. The van der Waals surface area contributed by atoms with Crippen molar-refractivity contribution in [1.82, 2.24) is 29.9 Å². The summed E-state index contributed by atoms with van der Waals surface area (Å²) in [6, 6.07) is 57.0. The molecule has 0 saturated carbocycles. The van der Waals surface area contributed by atoms with Crippen LogP contribution in [0.5, 0.6) is 0 Å². The molecule has 0 N–H and O–H groups in total. The fraction of sp³-hybridized carbons (Fsp3) is 0. The van der Waals surface area contributed by atoms with Crippen LogP contribution in [0.15, 0.2) is 174 Å². The van der Waals surface area contributed by atoms with Crippen molar-refractivity contribution >= 4 is 53.4 Å². The van der Waals surface area contributed by atoms with Crippen LogP contribution >= 0.6 is 11.3 Å². The normalized spacial score (nSPS) is 11.6. The summed E-state index contributed by atoms with van der Waals surface area (Å²) in [5, 5.41) is 4.22. The number of furan rings is 1. The van der Waals surface area contributed by atoms with Gasteiger partial charge in [0, 0.05) is 58.8 Å². The molecule has 0 aliphatic rings. The third kappa shape index (κ3) is 5.42. The van der Waals surface area contributed by atoms with Gasteiger partial charge in [-0.1, -0.05) is 146 Å². The van der Waals surface area contributed by atoms with Crippen molar-refractivity contribution in [2.24, 2.45) is 0 Å². The molecule has 0 aliphatic heterocycles. The molecule has 262 valence electrons. The van der Waals surface area contributed by atoms with E-state index in [1.807, 2.05) is 115 Å². The quantitative estimate of drug-likeness (QED) is 0.168. The highest BCUT2D eigenvalue weighted by molar-refractivity contribution is 7.26. The van der Waals surface area contributed by atoms with Gasteiger partial charge >= 0.3 is 0 Å². The van der Waals surface area contributed by atoms with Crippen molar-refractivity contribution in [3.05, 3.63) is 170 Å². The Bertz CT molecular complexity index is 3200. The van der Waals surface area contributed by atoms with Crippen LogP contribution in [0.2, 0.25) is 0 Å². The molecule has 11 rings (SSSR count). The molecule has 0 aliphatic carbocycles. The summed E-state index contributed by atoms with van der Waals surface area (Å²) in [5.74, 6) is 3.47. The fourth-order valence-corrected chi connectivity index (χ4v) is 8.61. The lowest BCUT2D eigenvalue weighted by Gasteiger charge is -2.10. The van der Waals surface area contributed by atoms with Gasteiger partial charge in [0.2, 0.25) is 0 Å². The minimum absolute atomic E-state index is 0.522. The van der Waals surface area contributed by atoms with Crippen LogP contribution in [0, 0.1) is 0 Å². The van der Waals surface area contributed by atoms with Gasteiger partial charge in [0.15, 0.2) is 34.9 Å². The predicted octanol–water partition coefficient (Wildman–Crippen LogP) is 12.3. The molecule has 4 aromatic heterocycles. The summed E-state index contributed by atoms with van der Waals surface area (Å²) in [6.07, 6.45) is 0. The molecule has 0 bridgehead atoms. The lowest BCUT2D eigenvalue weighted by molar-refractivity contribution is 0.669. The smallest absolute Gasteiger partial charge is 0.167 e. The summed E-state index contributed by atoms with van der Waals surface area (Å²) < 4.78 is 9.11. The molecule has 0 fully saturated rings. The van der Waals surface area contributed by atoms with Crippen LogP contribution in [-0.2, 0) is 0 Å². The van der Waals surface area contributed by atoms with Crippen molar-refractivity contribution in [3.8, 4) is 68.3 Å². The fourth-order valence-electron chi connectivity index (χ4n) is 7.40. The second-order valence-corrected chi connectivity index (χ2v) is 14.5. The monoisotopic (exact) mass is 736 g/mol. The Kier molecular flexibility index (Phi) is 7.53. The average Bonchev–Trinajstić information content (AvgIpc) is 3.86. The van der Waals surface area contributed by atoms with E-state index in [9.17, 15) is 0 Å². The van der Waals surface area contributed by atoms with Gasteiger partial charge in [0.1, 0.15) is 11.2 Å². The molecule has 7 nitrogen and oxygen atoms in total. The van der Waals surface area contributed by atoms with Crippen LogP contribution in [0.4, 0.5) is 0 Å². The molecular formula is C48H28N6OS. The number of benzene rings is 7. The first-order chi connectivity index (χ1) is 27.7. The van der Waals surface area contributed by atoms with E-state index >= 15 is 0 Å². The van der Waals surface area contributed by atoms with Gasteiger partial charge < -0.3 is 4.42 Å². The first kappa shape index (κ1) is 32.0. The van der Waals surface area contributed by atoms with E-state index in [-0.39, 0.29) is 0 Å². The molecule has 4 heterocycles. The first-order valence-corrected chi connectivity index (χ1v) is 19.1. The lowest BCUT2D eigenvalue weighted by Crippen LogP contribution is -2.00. The second kappa shape index (κ2) is 13.2. The second-order valence-electron chi connectivity index (χ2n) is 13.5. The van der Waals surface area contributed by atoms with E-state index in [0.717, 1.165) is 48.9 Å². The van der Waals surface area contributed by atoms with E-state index in [1.165, 1.54) is 15.5 Å². The van der Waals surface area contributed by atoms with E-state index in [0.29, 0.717) is 46.1 Å². The summed E-state index contributed by atoms with van der Waals surface area (Å²) in [4.78, 5) is 30.4. The number of fused-ring (bicyclic) bond motifs is 6. The van der Waals surface area contributed by atoms with Gasteiger partial charge in [-0.2, -0.15) is 0 Å². The van der Waals surface area contributed by atoms with E-state index in [4.69, 9.17) is 34.3 Å². The number of hydrogen-bond donors (Lipinski definition) is 0. The van der Waals surface area contributed by atoms with Crippen molar-refractivity contribution in [2.75, 3.05) is 0 Å². The zero-order chi connectivity index (χ0) is 37.0. The van der Waals surface area contributed by atoms with Gasteiger partial charge in [0.25, 0.3) is 0 Å². The van der Waals surface area contributed by atoms with E-state index in [1.54, 1.807) is 11.3 Å². The maximum Gasteiger partial charge on any atom is 0.167 e. The molecule has 8 heteroatoms. The largest absolute Gasteiger partial charge is 0.455 e. The molecule has 0 amide bonds. The molecule has 0 saturated heterocycles. The number of rotatable bonds is 6. The van der Waals surface area contributed by atoms with E-state index in [2.05, 4.69) is 54.6 Å². The van der Waals surface area contributed by atoms with Crippen LogP contribution in [0.3, 0.4) is 0 Å². The Hall–Kier alpha value is -7.42. The van der Waals surface area contributed by atoms with Crippen LogP contribution in [0.25, 0.3) is 110 Å². The van der Waals surface area contributed by atoms with Gasteiger partial charge in [0.05, 0.1) is 5.56 Å². The summed E-state index contributed by atoms with van der Waals surface area (Å²) in [6.45, 7) is 0. The third-order valence-electron chi connectivity index (χ3n) is 10.0. The zero-order valence-corrected chi connectivity index (χ0v) is 30.5. The van der Waals surface area contributed by atoms with Gasteiger partial charge in [-0.05, 0) is 24.3 Å². The Morgan fingerprint density at radius 2 is 0.786 bits per heavy atom. The predicted molar refractivity (Wildman–Crippen MR) is 226 cm³/mol. The van der Waals surface area contributed by atoms with Crippen molar-refractivity contribution in [1.29, 1.82) is 0 Å². The highest BCUT2D eigenvalue weighted by Crippen LogP contribution is 2.42. The summed E-state index contributed by atoms with van der Waals surface area (Å²) in [5.41, 5.74) is 6.66. The minimum Gasteiger partial charge on any atom is -0.455 e. The third-order valence-corrected chi connectivity index (χ3v) is 11.2. The first-order valence-electron chi connectivity index (χ1n) is 18.3. The Labute approximate surface area is 324 Å². The minimum atomic E-state index is 0.522. The van der Waals surface area contributed by atoms with Crippen molar-refractivity contribution in [3.63, 3.8) is 0 Å². The zero-order valence-electron chi connectivity index (χ0n) is 29.7. The van der Waals surface area contributed by atoms with Crippen LogP contribution in [-0.4, -0.2) is 29.9 Å². The van der Waals surface area contributed by atoms with Crippen LogP contribution < -0.4 is 0 Å². The number of para-hydroxylation sites is 1. The number of thiophene rings is 1. The molecule has 0 spiro atoms. The summed E-state index contributed by atoms with van der Waals surface area (Å²) >= 11 is 1.76. The van der Waals surface area contributed by atoms with Gasteiger partial charge in [-0.3, -0.25) is 0 Å². The SMILES string of the molecule is c1ccc(-c2nc(-c3ccccc3)nc(-c3cccc4c3oc3cccc(-c5nc(-c6ccccc6)nc(-c6cccc7c6sc6ccccc67)n5)c34)n2)cc1. The van der Waals surface area contributed by atoms with Gasteiger partial charge in [-0.15, -0.1) is 11.3 Å². The van der Waals surface area contributed by atoms with Crippen molar-refractivity contribution in [2.45, 2.75) is 0 Å². The molecule has 11 aromatic rings. The molecule has 56 heavy (non-hydrogen) atoms. The lowest BCUT2D eigenvalue weighted by atomic mass is 10.0. The number of hydrogen-bond acceptors (Lipinski definition) is 8. The van der Waals surface area contributed by atoms with E-state index < -0.39 is 0 Å². The Morgan fingerprint density at radius 1 is 0.339 bits per heavy atom. The summed E-state index contributed by atoms with van der Waals surface area (Å²) in [7, 11) is 0. The molecule has 7 aromatic carbocycles. The molecule has 0 unspecified atom stereocenters. The maximum atomic E-state index is 6.74. The maximum absolute atomic E-state index is 6.74. The molecule has 0 radical (unpaired) electrons. The van der Waals surface area contributed by atoms with Crippen LogP contribution in [0.1, 0.15) is 0 Å². The van der Waals surface area contributed by atoms with Crippen molar-refractivity contribution < 1.29 is 4.42 Å². The highest BCUT2D eigenvalue weighted by atomic mass is 32.1. The average molecular weight is 737 g/mol. The standard InChI is InChI=1S/C48H28N6OS/c1-4-15-29(16-5-1)43-49-44(30-17-6-2-7-18-30)52-47(51-43)36-25-13-23-34-40-35(24-14-27-38(40)55-41(34)36)46-50-45(31-19-8-3-9-20-31)53-48(54-46)37-26-12-22-33-32-21-10-11-28-39(32)56-42(33)37/h1-28H. The molecular weight excluding hydrogens is 709 g/mol. The number of nitrogens with zero attached hydrogens (tertiary/aromatic N) is 6. The number of aromatic nitrogens is 6. The topological polar surface area (TPSA) is 90.5 Å². The van der Waals surface area contributed by atoms with Gasteiger partial charge in [-0.25, -0.2) is 29.9 Å². The molecule has 0 atom stereocenters. The Morgan fingerprint density at radius 3 is 1.43 bits per heavy atom. The highest BCUT2D eigenvalue weighted by Gasteiger charge is 2.22.